The van der Waals surface area contributed by atoms with Crippen molar-refractivity contribution in [3.63, 3.8) is 0 Å². The quantitative estimate of drug-likeness (QED) is 0.744. The van der Waals surface area contributed by atoms with Crippen LogP contribution in [0.3, 0.4) is 0 Å². The molecule has 0 spiro atoms. The zero-order valence-electron chi connectivity index (χ0n) is 11.5. The van der Waals surface area contributed by atoms with Gasteiger partial charge in [0.05, 0.1) is 5.69 Å². The van der Waals surface area contributed by atoms with Crippen molar-refractivity contribution in [1.82, 2.24) is 10.1 Å². The van der Waals surface area contributed by atoms with Gasteiger partial charge in [-0.25, -0.2) is 4.39 Å². The van der Waals surface area contributed by atoms with Crippen LogP contribution in [0.25, 0.3) is 22.8 Å². The van der Waals surface area contributed by atoms with E-state index in [9.17, 15) is 4.39 Å². The van der Waals surface area contributed by atoms with Gasteiger partial charge in [-0.15, -0.1) is 0 Å². The van der Waals surface area contributed by atoms with Crippen LogP contribution in [0, 0.1) is 5.82 Å². The van der Waals surface area contributed by atoms with Crippen molar-refractivity contribution >= 4 is 5.69 Å². The second-order valence-electron chi connectivity index (χ2n) is 4.71. The maximum absolute atomic E-state index is 13.5. The highest BCUT2D eigenvalue weighted by molar-refractivity contribution is 5.62. The highest BCUT2D eigenvalue weighted by Crippen LogP contribution is 2.24. The molecule has 1 heterocycles. The minimum Gasteiger partial charge on any atom is -0.396 e. The molecule has 0 fully saturated rings. The lowest BCUT2D eigenvalue weighted by atomic mass is 10.1. The summed E-state index contributed by atoms with van der Waals surface area (Å²) in [5.41, 5.74) is 8.14. The van der Waals surface area contributed by atoms with E-state index in [1.54, 1.807) is 6.07 Å². The minimum absolute atomic E-state index is 0.0913. The van der Waals surface area contributed by atoms with E-state index in [-0.39, 0.29) is 11.6 Å². The van der Waals surface area contributed by atoms with E-state index in [0.717, 1.165) is 12.0 Å². The molecule has 0 saturated carbocycles. The number of nitrogens with two attached hydrogens (primary N) is 1. The summed E-state index contributed by atoms with van der Waals surface area (Å²) in [6.07, 6.45) is 0.975. The Kier molecular flexibility index (Phi) is 3.39. The molecule has 0 aliphatic rings. The van der Waals surface area contributed by atoms with Crippen molar-refractivity contribution in [2.24, 2.45) is 0 Å². The third kappa shape index (κ3) is 2.63. The van der Waals surface area contributed by atoms with Crippen LogP contribution >= 0.6 is 0 Å². The van der Waals surface area contributed by atoms with Gasteiger partial charge in [0, 0.05) is 11.1 Å². The lowest BCUT2D eigenvalue weighted by Crippen LogP contribution is -1.90. The molecule has 2 N–H and O–H groups in total. The SMILES string of the molecule is CCc1ccc(-c2noc(-c3ccc(N)c(F)c3)n2)cc1. The van der Waals surface area contributed by atoms with Crippen molar-refractivity contribution in [2.75, 3.05) is 5.73 Å². The van der Waals surface area contributed by atoms with E-state index in [4.69, 9.17) is 10.3 Å². The van der Waals surface area contributed by atoms with Crippen LogP contribution in [-0.2, 0) is 6.42 Å². The number of aromatic nitrogens is 2. The fourth-order valence-electron chi connectivity index (χ4n) is 2.01. The number of rotatable bonds is 3. The molecule has 2 aromatic carbocycles. The van der Waals surface area contributed by atoms with Crippen molar-refractivity contribution in [3.8, 4) is 22.8 Å². The number of hydrogen-bond donors (Lipinski definition) is 1. The molecular formula is C16H14FN3O. The molecule has 5 heteroatoms. The van der Waals surface area contributed by atoms with Crippen LogP contribution in [-0.4, -0.2) is 10.1 Å². The second-order valence-corrected chi connectivity index (χ2v) is 4.71. The molecule has 1 aromatic heterocycles. The number of anilines is 1. The Labute approximate surface area is 121 Å². The summed E-state index contributed by atoms with van der Waals surface area (Å²) in [5, 5.41) is 3.93. The third-order valence-corrected chi connectivity index (χ3v) is 3.29. The molecule has 0 saturated heterocycles. The van der Waals surface area contributed by atoms with Crippen LogP contribution in [0.4, 0.5) is 10.1 Å². The van der Waals surface area contributed by atoms with Gasteiger partial charge in [0.15, 0.2) is 0 Å². The minimum atomic E-state index is -0.500. The molecule has 3 rings (SSSR count). The van der Waals surface area contributed by atoms with E-state index in [2.05, 4.69) is 17.1 Å². The molecule has 4 nitrogen and oxygen atoms in total. The highest BCUT2D eigenvalue weighted by Gasteiger charge is 2.12. The van der Waals surface area contributed by atoms with Crippen molar-refractivity contribution in [3.05, 3.63) is 53.8 Å². The van der Waals surface area contributed by atoms with E-state index in [1.165, 1.54) is 17.7 Å². The highest BCUT2D eigenvalue weighted by atomic mass is 19.1. The summed E-state index contributed by atoms with van der Waals surface area (Å²) in [5.74, 6) is 0.243. The standard InChI is InChI=1S/C16H14FN3O/c1-2-10-3-5-11(6-4-10)15-19-16(21-20-15)12-7-8-14(18)13(17)9-12/h3-9H,2,18H2,1H3. The Morgan fingerprint density at radius 2 is 1.81 bits per heavy atom. The monoisotopic (exact) mass is 283 g/mol. The molecule has 0 aliphatic heterocycles. The molecule has 0 bridgehead atoms. The van der Waals surface area contributed by atoms with Gasteiger partial charge in [-0.2, -0.15) is 4.98 Å². The zero-order valence-corrected chi connectivity index (χ0v) is 11.5. The summed E-state index contributed by atoms with van der Waals surface area (Å²) in [6.45, 7) is 2.09. The largest absolute Gasteiger partial charge is 0.396 e. The fraction of sp³-hybridized carbons (Fsp3) is 0.125. The molecule has 0 aliphatic carbocycles. The van der Waals surface area contributed by atoms with E-state index in [1.807, 2.05) is 24.3 Å². The average Bonchev–Trinajstić information content (AvgIpc) is 3.00. The first kappa shape index (κ1) is 13.3. The van der Waals surface area contributed by atoms with Gasteiger partial charge in [-0.3, -0.25) is 0 Å². The number of nitrogens with zero attached hydrogens (tertiary/aromatic N) is 2. The van der Waals surface area contributed by atoms with Gasteiger partial charge in [0.2, 0.25) is 5.82 Å². The van der Waals surface area contributed by atoms with Crippen LogP contribution in [0.2, 0.25) is 0 Å². The summed E-state index contributed by atoms with van der Waals surface area (Å²) in [6, 6.07) is 12.3. The molecule has 0 atom stereocenters. The molecule has 3 aromatic rings. The van der Waals surface area contributed by atoms with E-state index < -0.39 is 5.82 Å². The zero-order chi connectivity index (χ0) is 14.8. The molecule has 0 amide bonds. The first-order chi connectivity index (χ1) is 10.2. The topological polar surface area (TPSA) is 64.9 Å². The Balaban J connectivity index is 1.93. The van der Waals surface area contributed by atoms with Crippen molar-refractivity contribution in [2.45, 2.75) is 13.3 Å². The first-order valence-electron chi connectivity index (χ1n) is 6.66. The Bertz CT molecular complexity index is 765. The van der Waals surface area contributed by atoms with Crippen LogP contribution in [0.5, 0.6) is 0 Å². The summed E-state index contributed by atoms with van der Waals surface area (Å²) >= 11 is 0. The molecule has 106 valence electrons. The van der Waals surface area contributed by atoms with Gasteiger partial charge in [-0.05, 0) is 30.2 Å². The van der Waals surface area contributed by atoms with Gasteiger partial charge in [0.1, 0.15) is 5.82 Å². The molecule has 0 unspecified atom stereocenters. The lowest BCUT2D eigenvalue weighted by molar-refractivity contribution is 0.432. The van der Waals surface area contributed by atoms with Gasteiger partial charge in [-0.1, -0.05) is 36.3 Å². The summed E-state index contributed by atoms with van der Waals surface area (Å²) in [4.78, 5) is 4.29. The maximum atomic E-state index is 13.5. The number of nitrogen functional groups attached to an aromatic ring is 1. The fourth-order valence-corrected chi connectivity index (χ4v) is 2.01. The van der Waals surface area contributed by atoms with Crippen LogP contribution in [0.1, 0.15) is 12.5 Å². The predicted octanol–water partition coefficient (Wildman–Crippen LogP) is 3.69. The second kappa shape index (κ2) is 5.36. The third-order valence-electron chi connectivity index (χ3n) is 3.29. The van der Waals surface area contributed by atoms with Gasteiger partial charge in [0.25, 0.3) is 5.89 Å². The number of benzene rings is 2. The van der Waals surface area contributed by atoms with Crippen molar-refractivity contribution in [1.29, 1.82) is 0 Å². The number of halogens is 1. The van der Waals surface area contributed by atoms with Crippen LogP contribution < -0.4 is 5.73 Å². The van der Waals surface area contributed by atoms with E-state index >= 15 is 0 Å². The predicted molar refractivity (Wildman–Crippen MR) is 78.9 cm³/mol. The smallest absolute Gasteiger partial charge is 0.258 e. The van der Waals surface area contributed by atoms with Crippen molar-refractivity contribution < 1.29 is 8.91 Å². The summed E-state index contributed by atoms with van der Waals surface area (Å²) < 4.78 is 18.7. The first-order valence-corrected chi connectivity index (χ1v) is 6.66. The Morgan fingerprint density at radius 1 is 1.10 bits per heavy atom. The van der Waals surface area contributed by atoms with E-state index in [0.29, 0.717) is 11.4 Å². The van der Waals surface area contributed by atoms with Gasteiger partial charge >= 0.3 is 0 Å². The average molecular weight is 283 g/mol. The summed E-state index contributed by atoms with van der Waals surface area (Å²) in [7, 11) is 0. The Hall–Kier alpha value is -2.69. The molecular weight excluding hydrogens is 269 g/mol. The molecule has 0 radical (unpaired) electrons. The number of aryl methyl sites for hydroxylation is 1. The Morgan fingerprint density at radius 3 is 2.48 bits per heavy atom. The van der Waals surface area contributed by atoms with Crippen LogP contribution in [0.15, 0.2) is 47.0 Å². The maximum Gasteiger partial charge on any atom is 0.258 e. The van der Waals surface area contributed by atoms with Gasteiger partial charge < -0.3 is 10.3 Å². The number of hydrogen-bond acceptors (Lipinski definition) is 4. The normalized spacial score (nSPS) is 10.8. The molecule has 21 heavy (non-hydrogen) atoms. The lowest BCUT2D eigenvalue weighted by Gasteiger charge is -1.98.